The van der Waals surface area contributed by atoms with Crippen LogP contribution in [0.2, 0.25) is 0 Å². The zero-order chi connectivity index (χ0) is 24.5. The Kier molecular flexibility index (Phi) is 9.53. The Balaban J connectivity index is 1.75. The monoisotopic (exact) mass is 492 g/mol. The van der Waals surface area contributed by atoms with E-state index in [2.05, 4.69) is 20.3 Å². The molecule has 0 amide bonds. The lowest BCUT2D eigenvalue weighted by Gasteiger charge is -2.26. The maximum atomic E-state index is 14.1. The molecule has 0 bridgehead atoms. The number of aromatic nitrogens is 3. The first-order valence-corrected chi connectivity index (χ1v) is 10.7. The summed E-state index contributed by atoms with van der Waals surface area (Å²) in [4.78, 5) is 14.0. The molecule has 34 heavy (non-hydrogen) atoms. The summed E-state index contributed by atoms with van der Waals surface area (Å²) < 4.78 is 84.1. The van der Waals surface area contributed by atoms with E-state index in [1.54, 1.807) is 0 Å². The molecule has 0 atom stereocenters. The molecular weight excluding hydrogens is 467 g/mol. The normalized spacial score (nSPS) is 13.9. The van der Waals surface area contributed by atoms with Crippen molar-refractivity contribution in [3.05, 3.63) is 29.1 Å². The van der Waals surface area contributed by atoms with Gasteiger partial charge in [0.25, 0.3) is 0 Å². The van der Waals surface area contributed by atoms with Crippen LogP contribution in [0.25, 0.3) is 0 Å². The molecule has 9 nitrogen and oxygen atoms in total. The summed E-state index contributed by atoms with van der Waals surface area (Å²) in [7, 11) is 0. The molecule has 0 spiro atoms. The smallest absolute Gasteiger partial charge is 0.328 e. The van der Waals surface area contributed by atoms with Crippen LogP contribution in [0.4, 0.5) is 33.8 Å². The Morgan fingerprint density at radius 1 is 0.765 bits per heavy atom. The average Bonchev–Trinajstić information content (AvgIpc) is 2.86. The predicted octanol–water partition coefficient (Wildman–Crippen LogP) is 2.75. The number of rotatable bonds is 12. The number of anilines is 2. The van der Waals surface area contributed by atoms with E-state index in [9.17, 15) is 22.0 Å². The number of halogens is 5. The van der Waals surface area contributed by atoms with Crippen molar-refractivity contribution in [2.24, 2.45) is 5.73 Å². The van der Waals surface area contributed by atoms with Gasteiger partial charge < -0.3 is 30.2 Å². The Morgan fingerprint density at radius 2 is 1.38 bits per heavy atom. The van der Waals surface area contributed by atoms with E-state index in [4.69, 9.17) is 19.9 Å². The van der Waals surface area contributed by atoms with E-state index in [1.165, 1.54) is 0 Å². The van der Waals surface area contributed by atoms with Crippen LogP contribution in [0.5, 0.6) is 11.8 Å². The molecule has 2 heterocycles. The fourth-order valence-electron chi connectivity index (χ4n) is 3.11. The van der Waals surface area contributed by atoms with E-state index in [-0.39, 0.29) is 25.0 Å². The van der Waals surface area contributed by atoms with Crippen molar-refractivity contribution in [3.8, 4) is 11.8 Å². The molecule has 0 radical (unpaired) electrons. The van der Waals surface area contributed by atoms with E-state index in [1.807, 2.05) is 4.90 Å². The average molecular weight is 492 g/mol. The van der Waals surface area contributed by atoms with Crippen LogP contribution in [0, 0.1) is 29.1 Å². The number of benzene rings is 1. The number of nitrogens with one attached hydrogen (secondary N) is 1. The second kappa shape index (κ2) is 12.6. The molecule has 1 aliphatic rings. The number of piperidine rings is 1. The standard InChI is InChI=1S/C20H25F5N6O3/c21-12-13(22)15(24)17(16(25)14(12)23)34-20-29-18(27-5-9-33-11-10-32-8-4-26)28-19(30-20)31-6-2-1-3-7-31/h1-11,26H2,(H,27,28,29,30). The SMILES string of the molecule is NCCOCCOCCNc1nc(Oc2c(F)c(F)c(F)c(F)c2F)nc(N2CCCCC2)n1. The summed E-state index contributed by atoms with van der Waals surface area (Å²) in [6.07, 6.45) is 2.78. The topological polar surface area (TPSA) is 108 Å². The van der Waals surface area contributed by atoms with Crippen molar-refractivity contribution >= 4 is 11.9 Å². The number of hydrogen-bond acceptors (Lipinski definition) is 9. The van der Waals surface area contributed by atoms with Crippen LogP contribution in [0.1, 0.15) is 19.3 Å². The molecule has 3 N–H and O–H groups in total. The molecule has 1 saturated heterocycles. The number of ether oxygens (including phenoxy) is 3. The van der Waals surface area contributed by atoms with Crippen LogP contribution in [0.3, 0.4) is 0 Å². The highest BCUT2D eigenvalue weighted by Crippen LogP contribution is 2.32. The lowest BCUT2D eigenvalue weighted by molar-refractivity contribution is 0.0547. The Hall–Kier alpha value is -2.84. The number of nitrogens with zero attached hydrogens (tertiary/aromatic N) is 4. The summed E-state index contributed by atoms with van der Waals surface area (Å²) >= 11 is 0. The van der Waals surface area contributed by atoms with Crippen molar-refractivity contribution < 1.29 is 36.2 Å². The van der Waals surface area contributed by atoms with Crippen molar-refractivity contribution in [3.63, 3.8) is 0 Å². The van der Waals surface area contributed by atoms with Gasteiger partial charge in [0.15, 0.2) is 0 Å². The second-order valence-corrected chi connectivity index (χ2v) is 7.23. The molecule has 1 aromatic carbocycles. The van der Waals surface area contributed by atoms with Crippen LogP contribution >= 0.6 is 0 Å². The van der Waals surface area contributed by atoms with E-state index >= 15 is 0 Å². The fourth-order valence-corrected chi connectivity index (χ4v) is 3.11. The van der Waals surface area contributed by atoms with Gasteiger partial charge in [0, 0.05) is 26.2 Å². The Labute approximate surface area is 192 Å². The van der Waals surface area contributed by atoms with Gasteiger partial charge in [-0.15, -0.1) is 0 Å². The first kappa shape index (κ1) is 25.8. The highest BCUT2D eigenvalue weighted by atomic mass is 19.2. The summed E-state index contributed by atoms with van der Waals surface area (Å²) in [5.74, 6) is -12.2. The third-order valence-corrected chi connectivity index (χ3v) is 4.77. The second-order valence-electron chi connectivity index (χ2n) is 7.23. The molecule has 188 valence electrons. The van der Waals surface area contributed by atoms with Crippen LogP contribution < -0.4 is 20.7 Å². The van der Waals surface area contributed by atoms with Gasteiger partial charge >= 0.3 is 6.01 Å². The quantitative estimate of drug-likeness (QED) is 0.200. The highest BCUT2D eigenvalue weighted by Gasteiger charge is 2.28. The predicted molar refractivity (Wildman–Crippen MR) is 111 cm³/mol. The Bertz CT molecular complexity index is 936. The molecule has 2 aromatic rings. The van der Waals surface area contributed by atoms with Gasteiger partial charge in [0.05, 0.1) is 26.4 Å². The minimum Gasteiger partial charge on any atom is -0.418 e. The van der Waals surface area contributed by atoms with Gasteiger partial charge in [0.1, 0.15) is 0 Å². The molecule has 14 heteroatoms. The van der Waals surface area contributed by atoms with E-state index in [0.29, 0.717) is 39.5 Å². The van der Waals surface area contributed by atoms with Crippen molar-refractivity contribution in [1.29, 1.82) is 0 Å². The van der Waals surface area contributed by atoms with Gasteiger partial charge in [-0.1, -0.05) is 0 Å². The minimum atomic E-state index is -2.29. The third-order valence-electron chi connectivity index (χ3n) is 4.77. The van der Waals surface area contributed by atoms with Gasteiger partial charge in [0.2, 0.25) is 46.7 Å². The maximum absolute atomic E-state index is 14.1. The molecule has 0 saturated carbocycles. The molecule has 0 aliphatic carbocycles. The molecule has 3 rings (SSSR count). The van der Waals surface area contributed by atoms with Gasteiger partial charge in [-0.2, -0.15) is 23.7 Å². The number of nitrogens with two attached hydrogens (primary N) is 1. The Morgan fingerprint density at radius 3 is 2.03 bits per heavy atom. The molecular formula is C20H25F5N6O3. The summed E-state index contributed by atoms with van der Waals surface area (Å²) in [6, 6.07) is -0.627. The lowest BCUT2D eigenvalue weighted by Crippen LogP contribution is -2.31. The summed E-state index contributed by atoms with van der Waals surface area (Å²) in [5.41, 5.74) is 5.32. The first-order valence-electron chi connectivity index (χ1n) is 10.7. The zero-order valence-electron chi connectivity index (χ0n) is 18.3. The molecule has 0 unspecified atom stereocenters. The van der Waals surface area contributed by atoms with Gasteiger partial charge in [-0.05, 0) is 19.3 Å². The van der Waals surface area contributed by atoms with Crippen molar-refractivity contribution in [2.75, 3.05) is 62.8 Å². The first-order chi connectivity index (χ1) is 16.4. The minimum absolute atomic E-state index is 0.0163. The molecule has 1 aliphatic heterocycles. The van der Waals surface area contributed by atoms with Gasteiger partial charge in [-0.25, -0.2) is 13.2 Å². The largest absolute Gasteiger partial charge is 0.418 e. The molecule has 1 fully saturated rings. The summed E-state index contributed by atoms with van der Waals surface area (Å²) in [5, 5.41) is 2.86. The highest BCUT2D eigenvalue weighted by molar-refractivity contribution is 5.40. The molecule has 1 aromatic heterocycles. The summed E-state index contributed by atoms with van der Waals surface area (Å²) in [6.45, 7) is 3.31. The van der Waals surface area contributed by atoms with Crippen LogP contribution in [-0.2, 0) is 9.47 Å². The van der Waals surface area contributed by atoms with E-state index < -0.39 is 40.8 Å². The van der Waals surface area contributed by atoms with E-state index in [0.717, 1.165) is 19.3 Å². The fraction of sp³-hybridized carbons (Fsp3) is 0.550. The van der Waals surface area contributed by atoms with Crippen LogP contribution in [-0.4, -0.2) is 67.6 Å². The zero-order valence-corrected chi connectivity index (χ0v) is 18.3. The number of hydrogen-bond donors (Lipinski definition) is 2. The van der Waals surface area contributed by atoms with Crippen molar-refractivity contribution in [2.45, 2.75) is 19.3 Å². The van der Waals surface area contributed by atoms with Gasteiger partial charge in [-0.3, -0.25) is 0 Å². The van der Waals surface area contributed by atoms with Crippen LogP contribution in [0.15, 0.2) is 0 Å². The maximum Gasteiger partial charge on any atom is 0.328 e. The third kappa shape index (κ3) is 6.61. The lowest BCUT2D eigenvalue weighted by atomic mass is 10.1. The van der Waals surface area contributed by atoms with Crippen molar-refractivity contribution in [1.82, 2.24) is 15.0 Å².